The van der Waals surface area contributed by atoms with Gasteiger partial charge in [0.25, 0.3) is 5.91 Å². The summed E-state index contributed by atoms with van der Waals surface area (Å²) in [5.41, 5.74) is 2.74. The van der Waals surface area contributed by atoms with E-state index in [1.54, 1.807) is 34.7 Å². The topological polar surface area (TPSA) is 199 Å². The SMILES string of the molecule is Cn1c(=O)n(C2CCC(=O)NC2=O)c2ccc(C3CCN(CCN/C=C(\C=N)c4ccc5c(F)c(N6CC(=O)NS6(=O)=O)c(O)cc5c4)CC3)cc21. The van der Waals surface area contributed by atoms with Gasteiger partial charge in [-0.2, -0.15) is 8.42 Å². The number of carbonyl (C=O) groups excluding carboxylic acids is 3. The molecule has 4 aromatic rings. The number of phenolic OH excluding ortho intramolecular Hbond substituents is 1. The van der Waals surface area contributed by atoms with Crippen molar-refractivity contribution < 1.29 is 32.3 Å². The number of anilines is 1. The molecular weight excluding hydrogens is 695 g/mol. The normalized spacial score (nSPS) is 20.0. The molecule has 1 aromatic heterocycles. The van der Waals surface area contributed by atoms with Crippen molar-refractivity contribution in [3.63, 3.8) is 0 Å². The van der Waals surface area contributed by atoms with E-state index in [1.165, 1.54) is 16.7 Å². The zero-order chi connectivity index (χ0) is 36.9. The molecule has 15 nitrogen and oxygen atoms in total. The molecule has 0 radical (unpaired) electrons. The molecule has 5 N–H and O–H groups in total. The second-order valence-corrected chi connectivity index (χ2v) is 14.9. The summed E-state index contributed by atoms with van der Waals surface area (Å²) in [5, 5.41) is 24.4. The van der Waals surface area contributed by atoms with Crippen LogP contribution in [0, 0.1) is 11.2 Å². The van der Waals surface area contributed by atoms with E-state index >= 15 is 4.39 Å². The molecular formula is C35H37FN8O7S. The summed E-state index contributed by atoms with van der Waals surface area (Å²) in [6.45, 7) is 2.45. The number of benzene rings is 3. The van der Waals surface area contributed by atoms with E-state index in [2.05, 4.69) is 15.5 Å². The third-order valence-corrected chi connectivity index (χ3v) is 11.5. The summed E-state index contributed by atoms with van der Waals surface area (Å²) in [4.78, 5) is 51.3. The number of imide groups is 1. The van der Waals surface area contributed by atoms with E-state index in [1.807, 2.05) is 18.2 Å². The van der Waals surface area contributed by atoms with Crippen molar-refractivity contribution in [2.45, 2.75) is 37.6 Å². The number of aromatic hydroxyl groups is 1. The third kappa shape index (κ3) is 6.30. The van der Waals surface area contributed by atoms with Crippen LogP contribution in [0.4, 0.5) is 10.1 Å². The van der Waals surface area contributed by atoms with Crippen LogP contribution in [0.3, 0.4) is 0 Å². The molecule has 1 unspecified atom stereocenters. The first-order valence-electron chi connectivity index (χ1n) is 16.9. The van der Waals surface area contributed by atoms with Crippen molar-refractivity contribution >= 4 is 67.2 Å². The monoisotopic (exact) mass is 732 g/mol. The molecule has 4 heterocycles. The number of aryl methyl sites for hydroxylation is 1. The summed E-state index contributed by atoms with van der Waals surface area (Å²) < 4.78 is 45.3. The first kappa shape index (κ1) is 34.9. The van der Waals surface area contributed by atoms with Gasteiger partial charge in [0, 0.05) is 49.9 Å². The number of rotatable bonds is 9. The number of hydrogen-bond acceptors (Lipinski definition) is 10. The highest BCUT2D eigenvalue weighted by molar-refractivity contribution is 7.92. The molecule has 17 heteroatoms. The fourth-order valence-corrected chi connectivity index (χ4v) is 8.53. The van der Waals surface area contributed by atoms with Gasteiger partial charge in [0.2, 0.25) is 11.8 Å². The average Bonchev–Trinajstić information content (AvgIpc) is 3.53. The Morgan fingerprint density at radius 1 is 1.04 bits per heavy atom. The van der Waals surface area contributed by atoms with Gasteiger partial charge in [0.1, 0.15) is 24.0 Å². The molecule has 3 fully saturated rings. The number of nitrogens with one attached hydrogen (secondary N) is 4. The molecule has 52 heavy (non-hydrogen) atoms. The summed E-state index contributed by atoms with van der Waals surface area (Å²) in [5.74, 6) is -2.94. The number of imidazole rings is 1. The number of phenols is 1. The number of amides is 3. The Morgan fingerprint density at radius 3 is 2.50 bits per heavy atom. The number of fused-ring (bicyclic) bond motifs is 2. The molecule has 3 aliphatic rings. The maximum Gasteiger partial charge on any atom is 0.329 e. The van der Waals surface area contributed by atoms with Crippen molar-refractivity contribution in [1.82, 2.24) is 29.4 Å². The third-order valence-electron chi connectivity index (χ3n) is 10.1. The Bertz CT molecular complexity index is 2360. The smallest absolute Gasteiger partial charge is 0.329 e. The molecule has 3 amide bonds. The van der Waals surface area contributed by atoms with Crippen LogP contribution < -0.4 is 25.4 Å². The highest BCUT2D eigenvalue weighted by Crippen LogP contribution is 2.39. The number of carbonyl (C=O) groups is 3. The second-order valence-electron chi connectivity index (χ2n) is 13.3. The van der Waals surface area contributed by atoms with Gasteiger partial charge in [0.15, 0.2) is 5.82 Å². The maximum absolute atomic E-state index is 15.5. The van der Waals surface area contributed by atoms with E-state index in [0.29, 0.717) is 33.4 Å². The molecule has 0 saturated carbocycles. The van der Waals surface area contributed by atoms with Gasteiger partial charge < -0.3 is 20.7 Å². The Labute approximate surface area is 297 Å². The fraction of sp³-hybridized carbons (Fsp3) is 0.343. The molecule has 3 aromatic carbocycles. The summed E-state index contributed by atoms with van der Waals surface area (Å²) >= 11 is 0. The minimum Gasteiger partial charge on any atom is -0.506 e. The minimum absolute atomic E-state index is 0.0430. The van der Waals surface area contributed by atoms with Crippen molar-refractivity contribution in [2.75, 3.05) is 37.0 Å². The predicted molar refractivity (Wildman–Crippen MR) is 192 cm³/mol. The lowest BCUT2D eigenvalue weighted by molar-refractivity contribution is -0.135. The number of aromatic nitrogens is 2. The molecule has 0 aliphatic carbocycles. The lowest BCUT2D eigenvalue weighted by Gasteiger charge is -2.32. The van der Waals surface area contributed by atoms with Gasteiger partial charge in [-0.3, -0.25) is 28.8 Å². The zero-order valence-electron chi connectivity index (χ0n) is 28.2. The van der Waals surface area contributed by atoms with Crippen molar-refractivity contribution in [3.8, 4) is 5.75 Å². The van der Waals surface area contributed by atoms with E-state index in [0.717, 1.165) is 49.8 Å². The quantitative estimate of drug-likeness (QED) is 0.0970. The van der Waals surface area contributed by atoms with Crippen LogP contribution in [0.1, 0.15) is 48.8 Å². The van der Waals surface area contributed by atoms with E-state index in [9.17, 15) is 32.7 Å². The van der Waals surface area contributed by atoms with Crippen LogP contribution in [-0.2, 0) is 31.6 Å². The van der Waals surface area contributed by atoms with Crippen LogP contribution in [-0.4, -0.2) is 84.2 Å². The molecule has 0 spiro atoms. The standard InChI is InChI=1S/C35H37FN8O7S/c1-41-28-15-22(3-5-26(28)44(35(41)49)27-6-7-30(46)39-34(27)48)20-8-11-42(12-9-20)13-10-38-18-24(17-37)21-2-4-25-23(14-21)16-29(45)33(32(25)36)43-19-31(47)40-52(43,50)51/h2-5,14-18,20,27,37-38,45H,6-13,19H2,1H3,(H,40,47)(H,39,46,48)/b24-18+,37-17?. The van der Waals surface area contributed by atoms with E-state index < -0.39 is 51.9 Å². The van der Waals surface area contributed by atoms with Gasteiger partial charge in [0.05, 0.1) is 11.0 Å². The molecule has 1 atom stereocenters. The van der Waals surface area contributed by atoms with Gasteiger partial charge in [-0.05, 0) is 79.0 Å². The van der Waals surface area contributed by atoms with Crippen LogP contribution in [0.25, 0.3) is 27.4 Å². The summed E-state index contributed by atoms with van der Waals surface area (Å²) in [7, 11) is -2.63. The Hall–Kier alpha value is -5.55. The van der Waals surface area contributed by atoms with Crippen molar-refractivity contribution in [1.29, 1.82) is 5.41 Å². The van der Waals surface area contributed by atoms with Crippen LogP contribution >= 0.6 is 0 Å². The Morgan fingerprint density at radius 2 is 1.81 bits per heavy atom. The van der Waals surface area contributed by atoms with E-state index in [-0.39, 0.29) is 35.2 Å². The number of allylic oxidation sites excluding steroid dienone is 1. The Balaban J connectivity index is 0.966. The first-order valence-corrected chi connectivity index (χ1v) is 18.3. The van der Waals surface area contributed by atoms with Crippen LogP contribution in [0.2, 0.25) is 0 Å². The molecule has 272 valence electrons. The number of hydrogen-bond donors (Lipinski definition) is 5. The van der Waals surface area contributed by atoms with Gasteiger partial charge in [-0.15, -0.1) is 0 Å². The number of halogens is 1. The summed E-state index contributed by atoms with van der Waals surface area (Å²) in [6.07, 6.45) is 5.17. The molecule has 7 rings (SSSR count). The number of nitrogens with zero attached hydrogens (tertiary/aromatic N) is 4. The van der Waals surface area contributed by atoms with Gasteiger partial charge in [-0.1, -0.05) is 18.2 Å². The predicted octanol–water partition coefficient (Wildman–Crippen LogP) is 1.96. The lowest BCUT2D eigenvalue weighted by atomic mass is 9.89. The van der Waals surface area contributed by atoms with E-state index in [4.69, 9.17) is 5.41 Å². The highest BCUT2D eigenvalue weighted by Gasteiger charge is 2.38. The zero-order valence-corrected chi connectivity index (χ0v) is 29.0. The largest absolute Gasteiger partial charge is 0.506 e. The van der Waals surface area contributed by atoms with Gasteiger partial charge >= 0.3 is 15.9 Å². The summed E-state index contributed by atoms with van der Waals surface area (Å²) in [6, 6.07) is 11.1. The maximum atomic E-state index is 15.5. The lowest BCUT2D eigenvalue weighted by Crippen LogP contribution is -2.44. The van der Waals surface area contributed by atoms with Crippen LogP contribution in [0.15, 0.2) is 53.5 Å². The van der Waals surface area contributed by atoms with Crippen LogP contribution in [0.5, 0.6) is 5.75 Å². The molecule has 0 bridgehead atoms. The van der Waals surface area contributed by atoms with Gasteiger partial charge in [-0.25, -0.2) is 18.2 Å². The average molecular weight is 733 g/mol. The molecule has 3 aliphatic heterocycles. The Kier molecular flexibility index (Phi) is 9.08. The fourth-order valence-electron chi connectivity index (χ4n) is 7.37. The van der Waals surface area contributed by atoms with Crippen molar-refractivity contribution in [2.24, 2.45) is 7.05 Å². The highest BCUT2D eigenvalue weighted by atomic mass is 32.2. The number of piperidine rings is 2. The first-order chi connectivity index (χ1) is 24.9. The second kappa shape index (κ2) is 13.5. The minimum atomic E-state index is -4.33. The molecule has 3 saturated heterocycles. The number of likely N-dealkylation sites (tertiary alicyclic amines) is 1. The van der Waals surface area contributed by atoms with Crippen molar-refractivity contribution in [3.05, 3.63) is 76.1 Å².